The third-order valence-corrected chi connectivity index (χ3v) is 5.53. The van der Waals surface area contributed by atoms with Crippen LogP contribution in [0.5, 0.6) is 0 Å². The van der Waals surface area contributed by atoms with Gasteiger partial charge in [-0.15, -0.1) is 0 Å². The minimum Gasteiger partial charge on any atom is -0.339 e. The molecule has 1 aliphatic carbocycles. The Kier molecular flexibility index (Phi) is 5.98. The van der Waals surface area contributed by atoms with Crippen molar-refractivity contribution in [2.45, 2.75) is 44.7 Å². The molecule has 0 unspecified atom stereocenters. The zero-order chi connectivity index (χ0) is 19.3. The third-order valence-electron chi connectivity index (χ3n) is 5.53. The highest BCUT2D eigenvalue weighted by atomic mass is 16.2. The summed E-state index contributed by atoms with van der Waals surface area (Å²) in [6, 6.07) is 9.38. The van der Waals surface area contributed by atoms with E-state index in [-0.39, 0.29) is 17.8 Å². The number of rotatable bonds is 4. The molecule has 1 saturated heterocycles. The van der Waals surface area contributed by atoms with Gasteiger partial charge in [-0.3, -0.25) is 9.59 Å². The standard InChI is InChI=1S/C20H28N4O3/c1-16(25)23-11-13-24(14-12-23)18(26)20(9-5-6-10-20)22-19(27)21-15-17-7-3-2-4-8-17/h2-4,7-8H,5-6,9-15H2,1H3,(H2,21,22,27). The Hall–Kier alpha value is -2.57. The average molecular weight is 372 g/mol. The van der Waals surface area contributed by atoms with Gasteiger partial charge in [0.2, 0.25) is 11.8 Å². The molecule has 1 aliphatic heterocycles. The van der Waals surface area contributed by atoms with Crippen LogP contribution >= 0.6 is 0 Å². The summed E-state index contributed by atoms with van der Waals surface area (Å²) in [4.78, 5) is 40.7. The van der Waals surface area contributed by atoms with E-state index in [1.54, 1.807) is 16.7 Å². The van der Waals surface area contributed by atoms with Gasteiger partial charge in [-0.2, -0.15) is 0 Å². The number of amides is 4. The van der Waals surface area contributed by atoms with Crippen molar-refractivity contribution in [1.29, 1.82) is 0 Å². The smallest absolute Gasteiger partial charge is 0.315 e. The van der Waals surface area contributed by atoms with Gasteiger partial charge in [-0.05, 0) is 18.4 Å². The normalized spacial score (nSPS) is 18.9. The number of carbonyl (C=O) groups is 3. The van der Waals surface area contributed by atoms with Gasteiger partial charge in [0, 0.05) is 39.6 Å². The molecule has 2 aliphatic rings. The molecule has 7 heteroatoms. The van der Waals surface area contributed by atoms with E-state index in [1.807, 2.05) is 30.3 Å². The van der Waals surface area contributed by atoms with E-state index in [0.29, 0.717) is 45.6 Å². The Morgan fingerprint density at radius 1 is 0.963 bits per heavy atom. The van der Waals surface area contributed by atoms with Crippen molar-refractivity contribution in [2.24, 2.45) is 0 Å². The van der Waals surface area contributed by atoms with Gasteiger partial charge in [-0.1, -0.05) is 43.2 Å². The van der Waals surface area contributed by atoms with Crippen LogP contribution in [-0.2, 0) is 16.1 Å². The molecule has 1 saturated carbocycles. The second-order valence-electron chi connectivity index (χ2n) is 7.38. The first-order valence-corrected chi connectivity index (χ1v) is 9.65. The molecule has 146 valence electrons. The van der Waals surface area contributed by atoms with Gasteiger partial charge < -0.3 is 20.4 Å². The van der Waals surface area contributed by atoms with Gasteiger partial charge in [0.05, 0.1) is 0 Å². The molecule has 4 amide bonds. The first-order chi connectivity index (χ1) is 13.0. The SMILES string of the molecule is CC(=O)N1CCN(C(=O)C2(NC(=O)NCc3ccccc3)CCCC2)CC1. The molecule has 0 bridgehead atoms. The number of nitrogens with zero attached hydrogens (tertiary/aromatic N) is 2. The fraction of sp³-hybridized carbons (Fsp3) is 0.550. The maximum absolute atomic E-state index is 13.2. The van der Waals surface area contributed by atoms with Crippen molar-refractivity contribution in [3.05, 3.63) is 35.9 Å². The first kappa shape index (κ1) is 19.2. The quantitative estimate of drug-likeness (QED) is 0.840. The molecule has 0 radical (unpaired) electrons. The van der Waals surface area contributed by atoms with Crippen LogP contribution in [0.25, 0.3) is 0 Å². The molecular weight excluding hydrogens is 344 g/mol. The van der Waals surface area contributed by atoms with E-state index in [1.165, 1.54) is 0 Å². The minimum atomic E-state index is -0.820. The number of nitrogens with one attached hydrogen (secondary N) is 2. The lowest BCUT2D eigenvalue weighted by Crippen LogP contribution is -2.62. The molecule has 0 spiro atoms. The molecule has 0 aromatic heterocycles. The fourth-order valence-corrected chi connectivity index (χ4v) is 3.94. The summed E-state index contributed by atoms with van der Waals surface area (Å²) in [5.41, 5.74) is 0.193. The third kappa shape index (κ3) is 4.59. The van der Waals surface area contributed by atoms with Crippen LogP contribution in [0.2, 0.25) is 0 Å². The first-order valence-electron chi connectivity index (χ1n) is 9.65. The summed E-state index contributed by atoms with van der Waals surface area (Å²) in [7, 11) is 0. The minimum absolute atomic E-state index is 0.0157. The lowest BCUT2D eigenvalue weighted by Gasteiger charge is -2.39. The highest BCUT2D eigenvalue weighted by molar-refractivity contribution is 5.91. The Bertz CT molecular complexity index is 678. The largest absolute Gasteiger partial charge is 0.339 e. The van der Waals surface area contributed by atoms with Crippen molar-refractivity contribution in [3.8, 4) is 0 Å². The molecule has 0 atom stereocenters. The molecule has 7 nitrogen and oxygen atoms in total. The van der Waals surface area contributed by atoms with Gasteiger partial charge in [0.15, 0.2) is 0 Å². The van der Waals surface area contributed by atoms with Crippen LogP contribution in [0.1, 0.15) is 38.2 Å². The summed E-state index contributed by atoms with van der Waals surface area (Å²) in [5, 5.41) is 5.83. The van der Waals surface area contributed by atoms with Crippen LogP contribution in [0, 0.1) is 0 Å². The molecule has 2 N–H and O–H groups in total. The second kappa shape index (κ2) is 8.41. The van der Waals surface area contributed by atoms with Gasteiger partial charge in [-0.25, -0.2) is 4.79 Å². The molecule has 1 heterocycles. The maximum Gasteiger partial charge on any atom is 0.315 e. The van der Waals surface area contributed by atoms with Crippen molar-refractivity contribution < 1.29 is 14.4 Å². The summed E-state index contributed by atoms with van der Waals surface area (Å²) in [6.45, 7) is 4.12. The van der Waals surface area contributed by atoms with Crippen molar-refractivity contribution in [3.63, 3.8) is 0 Å². The molecular formula is C20H28N4O3. The molecule has 1 aromatic carbocycles. The molecule has 2 fully saturated rings. The molecule has 1 aromatic rings. The number of hydrogen-bond acceptors (Lipinski definition) is 3. The Morgan fingerprint density at radius 3 is 2.15 bits per heavy atom. The van der Waals surface area contributed by atoms with E-state index in [2.05, 4.69) is 10.6 Å². The number of benzene rings is 1. The zero-order valence-electron chi connectivity index (χ0n) is 15.9. The summed E-state index contributed by atoms with van der Waals surface area (Å²) in [6.07, 6.45) is 3.19. The maximum atomic E-state index is 13.2. The zero-order valence-corrected chi connectivity index (χ0v) is 15.9. The highest BCUT2D eigenvalue weighted by Gasteiger charge is 2.45. The second-order valence-corrected chi connectivity index (χ2v) is 7.38. The van der Waals surface area contributed by atoms with E-state index >= 15 is 0 Å². The van der Waals surface area contributed by atoms with Gasteiger partial charge in [0.1, 0.15) is 5.54 Å². The van der Waals surface area contributed by atoms with E-state index in [4.69, 9.17) is 0 Å². The van der Waals surface area contributed by atoms with Crippen LogP contribution in [-0.4, -0.2) is 59.4 Å². The Balaban J connectivity index is 1.59. The van der Waals surface area contributed by atoms with E-state index in [9.17, 15) is 14.4 Å². The predicted octanol–water partition coefficient (Wildman–Crippen LogP) is 1.49. The monoisotopic (exact) mass is 372 g/mol. The van der Waals surface area contributed by atoms with Crippen molar-refractivity contribution >= 4 is 17.8 Å². The molecule has 3 rings (SSSR count). The summed E-state index contributed by atoms with van der Waals surface area (Å²) < 4.78 is 0. The predicted molar refractivity (Wildman–Crippen MR) is 102 cm³/mol. The van der Waals surface area contributed by atoms with E-state index in [0.717, 1.165) is 18.4 Å². The number of urea groups is 1. The van der Waals surface area contributed by atoms with E-state index < -0.39 is 5.54 Å². The summed E-state index contributed by atoms with van der Waals surface area (Å²) >= 11 is 0. The highest BCUT2D eigenvalue weighted by Crippen LogP contribution is 2.32. The summed E-state index contributed by atoms with van der Waals surface area (Å²) in [5.74, 6) is 0.0224. The van der Waals surface area contributed by atoms with Crippen molar-refractivity contribution in [1.82, 2.24) is 20.4 Å². The molecule has 27 heavy (non-hydrogen) atoms. The number of carbonyl (C=O) groups excluding carboxylic acids is 3. The topological polar surface area (TPSA) is 81.8 Å². The average Bonchev–Trinajstić information content (AvgIpc) is 3.16. The van der Waals surface area contributed by atoms with Gasteiger partial charge in [0.25, 0.3) is 0 Å². The van der Waals surface area contributed by atoms with Gasteiger partial charge >= 0.3 is 6.03 Å². The fourth-order valence-electron chi connectivity index (χ4n) is 3.94. The lowest BCUT2D eigenvalue weighted by molar-refractivity contribution is -0.143. The van der Waals surface area contributed by atoms with Crippen molar-refractivity contribution in [2.75, 3.05) is 26.2 Å². The number of hydrogen-bond donors (Lipinski definition) is 2. The lowest BCUT2D eigenvalue weighted by atomic mass is 9.95. The number of piperazine rings is 1. The Labute approximate surface area is 160 Å². The van der Waals surface area contributed by atoms with Crippen LogP contribution in [0.3, 0.4) is 0 Å². The van der Waals surface area contributed by atoms with Crippen LogP contribution in [0.4, 0.5) is 4.79 Å². The Morgan fingerprint density at radius 2 is 1.56 bits per heavy atom. The van der Waals surface area contributed by atoms with Crippen LogP contribution in [0.15, 0.2) is 30.3 Å². The van der Waals surface area contributed by atoms with Crippen LogP contribution < -0.4 is 10.6 Å².